The largest absolute Gasteiger partial charge is 0.481 e. The number of fused-ring (bicyclic) bond motifs is 2. The third kappa shape index (κ3) is 10.1. The Labute approximate surface area is 299 Å². The average Bonchev–Trinajstić information content (AvgIpc) is 3.58. The van der Waals surface area contributed by atoms with Gasteiger partial charge >= 0.3 is 18.3 Å². The number of carbonyl (C=O) groups is 2. The fraction of sp³-hybridized carbons (Fsp3) is 0.444. The van der Waals surface area contributed by atoms with Crippen molar-refractivity contribution in [2.45, 2.75) is 104 Å². The fourth-order valence-corrected chi connectivity index (χ4v) is 6.39. The van der Waals surface area contributed by atoms with E-state index < -0.39 is 29.7 Å². The maximum Gasteiger partial charge on any atom is 0.435 e. The molecule has 14 heteroatoms. The molecule has 0 saturated carbocycles. The number of rotatable bonds is 8. The Balaban J connectivity index is 0.000000260. The molecule has 269 valence electrons. The van der Waals surface area contributed by atoms with Crippen molar-refractivity contribution in [2.75, 3.05) is 0 Å². The van der Waals surface area contributed by atoms with Crippen LogP contribution in [0.15, 0.2) is 48.5 Å². The van der Waals surface area contributed by atoms with Crippen molar-refractivity contribution >= 4 is 11.8 Å². The van der Waals surface area contributed by atoms with Gasteiger partial charge in [-0.05, 0) is 80.5 Å². The molecule has 0 bridgehead atoms. The Kier molecular flexibility index (Phi) is 13.7. The monoisotopic (exact) mass is 741 g/mol. The second-order valence-electron chi connectivity index (χ2n) is 12.4. The van der Waals surface area contributed by atoms with Crippen molar-refractivity contribution in [2.24, 2.45) is 0 Å². The molecule has 4 aromatic rings. The van der Waals surface area contributed by atoms with Gasteiger partial charge in [0, 0.05) is 47.5 Å². The molecule has 0 fully saturated rings. The smallest absolute Gasteiger partial charge is 0.435 e. The van der Waals surface area contributed by atoms with Crippen LogP contribution in [0.25, 0.3) is 0 Å². The number of benzene rings is 2. The number of carboxylic acids is 1. The third-order valence-corrected chi connectivity index (χ3v) is 8.57. The van der Waals surface area contributed by atoms with E-state index >= 15 is 0 Å². The van der Waals surface area contributed by atoms with E-state index in [1.807, 2.05) is 24.3 Å². The molecule has 6 rings (SSSR count). The summed E-state index contributed by atoms with van der Waals surface area (Å²) in [5, 5.41) is 16.5. The first kappa shape index (κ1) is 40.6. The second-order valence-corrected chi connectivity index (χ2v) is 12.4. The van der Waals surface area contributed by atoms with Gasteiger partial charge in [0.25, 0.3) is 0 Å². The second kappa shape index (κ2) is 16.9. The van der Waals surface area contributed by atoms with Crippen molar-refractivity contribution < 1.29 is 59.6 Å². The Bertz CT molecular complexity index is 1630. The van der Waals surface area contributed by atoms with Gasteiger partial charge in [-0.1, -0.05) is 56.0 Å². The molecule has 2 aliphatic carbocycles. The molecular weight excluding hydrogens is 701 g/mol. The summed E-state index contributed by atoms with van der Waals surface area (Å²) in [4.78, 5) is 21.8. The Morgan fingerprint density at radius 2 is 0.980 bits per heavy atom. The summed E-state index contributed by atoms with van der Waals surface area (Å²) in [5.41, 5.74) is 3.82. The number of hydrogen-bond donors (Lipinski definition) is 1. The SMILES string of the molecule is C.CC(=O)Cc1ccc(Cn2nc(C(F)(F)F)c3c2CCCC3)cc1.O=C(O)Cc1ccc(Cn2nc(C(F)(F)F)c3c2CCCC3)cc1.[V]. The third-order valence-electron chi connectivity index (χ3n) is 8.57. The predicted molar refractivity (Wildman–Crippen MR) is 171 cm³/mol. The zero-order valence-electron chi connectivity index (χ0n) is 26.9. The van der Waals surface area contributed by atoms with Crippen molar-refractivity contribution in [3.8, 4) is 0 Å². The van der Waals surface area contributed by atoms with Crippen LogP contribution in [0.1, 0.15) is 96.2 Å². The van der Waals surface area contributed by atoms with E-state index in [-0.39, 0.29) is 44.7 Å². The molecule has 0 amide bonds. The molecule has 7 nitrogen and oxygen atoms in total. The topological polar surface area (TPSA) is 90.0 Å². The van der Waals surface area contributed by atoms with Gasteiger partial charge in [0.05, 0.1) is 19.5 Å². The maximum atomic E-state index is 13.2. The van der Waals surface area contributed by atoms with Gasteiger partial charge in [-0.3, -0.25) is 19.0 Å². The van der Waals surface area contributed by atoms with Crippen LogP contribution in [0.2, 0.25) is 0 Å². The molecule has 2 heterocycles. The minimum absolute atomic E-state index is 0. The molecule has 0 aliphatic heterocycles. The number of alkyl halides is 6. The van der Waals surface area contributed by atoms with E-state index in [9.17, 15) is 35.9 Å². The predicted octanol–water partition coefficient (Wildman–Crippen LogP) is 8.05. The van der Waals surface area contributed by atoms with Crippen molar-refractivity contribution in [1.82, 2.24) is 19.6 Å². The van der Waals surface area contributed by atoms with Crippen LogP contribution in [0.5, 0.6) is 0 Å². The van der Waals surface area contributed by atoms with Gasteiger partial charge in [0.2, 0.25) is 0 Å². The van der Waals surface area contributed by atoms with Gasteiger partial charge in [0.15, 0.2) is 11.4 Å². The Morgan fingerprint density at radius 3 is 1.32 bits per heavy atom. The molecule has 0 unspecified atom stereocenters. The van der Waals surface area contributed by atoms with Gasteiger partial charge < -0.3 is 5.11 Å². The molecule has 2 aromatic carbocycles. The molecule has 0 saturated heterocycles. The van der Waals surface area contributed by atoms with Crippen molar-refractivity contribution in [3.05, 3.63) is 105 Å². The molecule has 0 spiro atoms. The van der Waals surface area contributed by atoms with E-state index in [0.29, 0.717) is 66.7 Å². The number of aliphatic carboxylic acids is 1. The van der Waals surface area contributed by atoms with E-state index in [2.05, 4.69) is 10.2 Å². The minimum atomic E-state index is -4.43. The summed E-state index contributed by atoms with van der Waals surface area (Å²) in [6.07, 6.45) is -3.13. The number of nitrogens with zero attached hydrogens (tertiary/aromatic N) is 4. The number of carboxylic acid groups (broad SMARTS) is 1. The van der Waals surface area contributed by atoms with Crippen LogP contribution < -0.4 is 0 Å². The van der Waals surface area contributed by atoms with Crippen molar-refractivity contribution in [1.29, 1.82) is 0 Å². The normalized spacial score (nSPS) is 13.9. The van der Waals surface area contributed by atoms with Crippen LogP contribution >= 0.6 is 0 Å². The molecule has 1 radical (unpaired) electrons. The van der Waals surface area contributed by atoms with E-state index in [0.717, 1.165) is 42.4 Å². The van der Waals surface area contributed by atoms with Crippen LogP contribution in [0.3, 0.4) is 0 Å². The van der Waals surface area contributed by atoms with E-state index in [1.165, 1.54) is 16.3 Å². The van der Waals surface area contributed by atoms with Crippen LogP contribution in [0.4, 0.5) is 26.3 Å². The maximum absolute atomic E-state index is 13.2. The van der Waals surface area contributed by atoms with Gasteiger partial charge in [-0.15, -0.1) is 0 Å². The molecule has 50 heavy (non-hydrogen) atoms. The summed E-state index contributed by atoms with van der Waals surface area (Å²) in [7, 11) is 0. The molecule has 1 N–H and O–H groups in total. The summed E-state index contributed by atoms with van der Waals surface area (Å²) in [6, 6.07) is 14.2. The van der Waals surface area contributed by atoms with E-state index in [1.54, 1.807) is 24.3 Å². The van der Waals surface area contributed by atoms with Gasteiger partial charge in [-0.25, -0.2) is 0 Å². The zero-order valence-corrected chi connectivity index (χ0v) is 28.3. The van der Waals surface area contributed by atoms with Crippen molar-refractivity contribution in [3.63, 3.8) is 0 Å². The van der Waals surface area contributed by atoms with Crippen LogP contribution in [-0.4, -0.2) is 36.4 Å². The molecule has 0 atom stereocenters. The summed E-state index contributed by atoms with van der Waals surface area (Å²) in [6.45, 7) is 2.10. The molecular formula is C36H40F6N4O3V. The number of Topliss-reactive ketones (excluding diaryl/α,β-unsaturated/α-hetero) is 1. The summed E-state index contributed by atoms with van der Waals surface area (Å²) in [5.74, 6) is -0.836. The van der Waals surface area contributed by atoms with Gasteiger partial charge in [-0.2, -0.15) is 36.5 Å². The number of ketones is 1. The summed E-state index contributed by atoms with van der Waals surface area (Å²) < 4.78 is 82.0. The van der Waals surface area contributed by atoms with E-state index in [4.69, 9.17) is 5.11 Å². The van der Waals surface area contributed by atoms with Crippen LogP contribution in [-0.2, 0) is 92.1 Å². The number of carbonyl (C=O) groups excluding carboxylic acids is 1. The number of hydrogen-bond acceptors (Lipinski definition) is 4. The average molecular weight is 742 g/mol. The number of halogens is 6. The first-order valence-electron chi connectivity index (χ1n) is 15.9. The fourth-order valence-electron chi connectivity index (χ4n) is 6.39. The number of aromatic nitrogens is 4. The minimum Gasteiger partial charge on any atom is -0.481 e. The Hall–Kier alpha value is -3.84. The zero-order chi connectivity index (χ0) is 34.6. The molecule has 2 aromatic heterocycles. The van der Waals surface area contributed by atoms with Crippen LogP contribution in [0, 0.1) is 0 Å². The first-order valence-corrected chi connectivity index (χ1v) is 15.9. The quantitative estimate of drug-likeness (QED) is 0.185. The molecule has 2 aliphatic rings. The Morgan fingerprint density at radius 1 is 0.640 bits per heavy atom. The first-order chi connectivity index (χ1) is 22.7. The van der Waals surface area contributed by atoms with Gasteiger partial charge in [0.1, 0.15) is 5.78 Å². The summed E-state index contributed by atoms with van der Waals surface area (Å²) >= 11 is 0. The standard InChI is InChI=1S/C18H19F3N2O.C17H17F3N2O2.CH4.V/c1-12(24)10-13-6-8-14(9-7-13)11-23-16-5-3-2-4-15(16)17(22-23)18(19,20)21;18-17(19,20)16-13-3-1-2-4-14(13)22(21-16)10-12-7-5-11(6-8-12)9-15(23)24;;/h6-9H,2-5,10-11H2,1H3;5-8H,1-4,9-10H2,(H,23,24);1H4;.